The third kappa shape index (κ3) is 19.7. The van der Waals surface area contributed by atoms with Gasteiger partial charge in [-0.15, -0.1) is 0 Å². The van der Waals surface area contributed by atoms with Gasteiger partial charge in [0.15, 0.2) is 0 Å². The van der Waals surface area contributed by atoms with E-state index in [1.807, 2.05) is 6.92 Å². The van der Waals surface area contributed by atoms with E-state index in [2.05, 4.69) is 27.4 Å². The van der Waals surface area contributed by atoms with Gasteiger partial charge in [0.2, 0.25) is 0 Å². The normalized spacial score (nSPS) is 11.6. The van der Waals surface area contributed by atoms with E-state index in [4.69, 9.17) is 4.43 Å². The van der Waals surface area contributed by atoms with Crippen LogP contribution < -0.4 is 0 Å². The van der Waals surface area contributed by atoms with Gasteiger partial charge in [-0.3, -0.25) is 0 Å². The molecular formula is C31H62O2Si. The molecule has 0 aromatic heterocycles. The molecule has 0 unspecified atom stereocenters. The highest BCUT2D eigenvalue weighted by Gasteiger charge is 2.37. The molecule has 0 heterocycles. The Labute approximate surface area is 216 Å². The molecule has 3 heteroatoms. The summed E-state index contributed by atoms with van der Waals surface area (Å²) in [5.41, 5.74) is 0.579. The summed E-state index contributed by atoms with van der Waals surface area (Å²) in [7, 11) is -2.06. The zero-order chi connectivity index (χ0) is 25.3. The van der Waals surface area contributed by atoms with Gasteiger partial charge >= 0.3 is 5.97 Å². The van der Waals surface area contributed by atoms with Crippen molar-refractivity contribution in [1.29, 1.82) is 0 Å². The molecule has 0 spiro atoms. The fourth-order valence-electron chi connectivity index (χ4n) is 5.02. The summed E-state index contributed by atoms with van der Waals surface area (Å²) in [5, 5.41) is 0. The molecule has 34 heavy (non-hydrogen) atoms. The lowest BCUT2D eigenvalue weighted by atomic mass is 10.1. The van der Waals surface area contributed by atoms with Gasteiger partial charge in [0, 0.05) is 5.57 Å². The summed E-state index contributed by atoms with van der Waals surface area (Å²) in [5.74, 6) is -0.111. The van der Waals surface area contributed by atoms with Crippen LogP contribution in [0.1, 0.15) is 163 Å². The number of hydrogen-bond acceptors (Lipinski definition) is 2. The SMILES string of the molecule is C=C(C)C(=O)O[Si](CCCCCCCCC)(CCCCCCCCC)CCCCCCCCC. The quantitative estimate of drug-likeness (QED) is 0.0678. The van der Waals surface area contributed by atoms with Crippen LogP contribution >= 0.6 is 0 Å². The minimum atomic E-state index is -2.06. The third-order valence-electron chi connectivity index (χ3n) is 7.37. The maximum absolute atomic E-state index is 12.7. The summed E-state index contributed by atoms with van der Waals surface area (Å²) >= 11 is 0. The summed E-state index contributed by atoms with van der Waals surface area (Å²) < 4.78 is 6.44. The zero-order valence-electron chi connectivity index (χ0n) is 24.0. The second-order valence-electron chi connectivity index (χ2n) is 11.0. The van der Waals surface area contributed by atoms with Crippen molar-refractivity contribution in [2.45, 2.75) is 181 Å². The molecule has 0 bridgehead atoms. The van der Waals surface area contributed by atoms with Crippen molar-refractivity contribution in [1.82, 2.24) is 0 Å². The van der Waals surface area contributed by atoms with Crippen LogP contribution in [0, 0.1) is 0 Å². The predicted octanol–water partition coefficient (Wildman–Crippen LogP) is 11.3. The van der Waals surface area contributed by atoms with E-state index in [0.717, 1.165) is 0 Å². The molecule has 0 saturated carbocycles. The number of hydrogen-bond donors (Lipinski definition) is 0. The summed E-state index contributed by atoms with van der Waals surface area (Å²) in [4.78, 5) is 12.7. The number of carbonyl (C=O) groups excluding carboxylic acids is 1. The fourth-order valence-corrected chi connectivity index (χ4v) is 9.33. The molecule has 0 aliphatic rings. The molecular weight excluding hydrogens is 432 g/mol. The Morgan fingerprint density at radius 2 is 0.794 bits per heavy atom. The fraction of sp³-hybridized carbons (Fsp3) is 0.903. The highest BCUT2D eigenvalue weighted by atomic mass is 28.4. The van der Waals surface area contributed by atoms with Gasteiger partial charge < -0.3 is 4.43 Å². The zero-order valence-corrected chi connectivity index (χ0v) is 25.0. The first-order valence-corrected chi connectivity index (χ1v) is 17.9. The van der Waals surface area contributed by atoms with Crippen LogP contribution in [-0.2, 0) is 9.22 Å². The van der Waals surface area contributed by atoms with Crippen molar-refractivity contribution in [3.63, 3.8) is 0 Å². The van der Waals surface area contributed by atoms with Crippen LogP contribution in [0.2, 0.25) is 18.1 Å². The first-order valence-electron chi connectivity index (χ1n) is 15.4. The lowest BCUT2D eigenvalue weighted by molar-refractivity contribution is -0.131. The molecule has 202 valence electrons. The number of carbonyl (C=O) groups is 1. The maximum atomic E-state index is 12.7. The van der Waals surface area contributed by atoms with Crippen molar-refractivity contribution >= 4 is 14.3 Å². The van der Waals surface area contributed by atoms with Crippen molar-refractivity contribution in [2.75, 3.05) is 0 Å². The highest BCUT2D eigenvalue weighted by Crippen LogP contribution is 2.32. The van der Waals surface area contributed by atoms with Gasteiger partial charge in [0.25, 0.3) is 8.32 Å². The van der Waals surface area contributed by atoms with Crippen molar-refractivity contribution in [3.8, 4) is 0 Å². The average molecular weight is 495 g/mol. The first kappa shape index (κ1) is 33.4. The molecule has 0 saturated heterocycles. The van der Waals surface area contributed by atoms with Gasteiger partial charge in [-0.25, -0.2) is 4.79 Å². The van der Waals surface area contributed by atoms with Crippen LogP contribution in [0.25, 0.3) is 0 Å². The summed E-state index contributed by atoms with van der Waals surface area (Å²) in [6, 6.07) is 3.52. The Balaban J connectivity index is 4.86. The second kappa shape index (κ2) is 24.1. The van der Waals surface area contributed by atoms with Gasteiger partial charge in [-0.2, -0.15) is 0 Å². The largest absolute Gasteiger partial charge is 0.516 e. The highest BCUT2D eigenvalue weighted by molar-refractivity contribution is 6.75. The van der Waals surface area contributed by atoms with Crippen LogP contribution in [0.15, 0.2) is 12.2 Å². The van der Waals surface area contributed by atoms with Crippen molar-refractivity contribution in [3.05, 3.63) is 12.2 Å². The molecule has 0 aromatic rings. The molecule has 0 amide bonds. The molecule has 0 aliphatic carbocycles. The Morgan fingerprint density at radius 3 is 1.06 bits per heavy atom. The maximum Gasteiger partial charge on any atom is 0.319 e. The number of rotatable bonds is 26. The van der Waals surface area contributed by atoms with Gasteiger partial charge in [0.05, 0.1) is 0 Å². The van der Waals surface area contributed by atoms with Crippen molar-refractivity contribution in [2.24, 2.45) is 0 Å². The predicted molar refractivity (Wildman–Crippen MR) is 155 cm³/mol. The van der Waals surface area contributed by atoms with Gasteiger partial charge in [-0.05, 0) is 25.1 Å². The van der Waals surface area contributed by atoms with E-state index in [1.165, 1.54) is 153 Å². The third-order valence-corrected chi connectivity index (χ3v) is 11.8. The summed E-state index contributed by atoms with van der Waals surface area (Å²) in [6.07, 6.45) is 27.9. The lowest BCUT2D eigenvalue weighted by Crippen LogP contribution is -2.40. The average Bonchev–Trinajstić information content (AvgIpc) is 2.82. The minimum Gasteiger partial charge on any atom is -0.516 e. The summed E-state index contributed by atoms with van der Waals surface area (Å²) in [6.45, 7) is 12.6. The molecule has 0 atom stereocenters. The molecule has 0 aliphatic heterocycles. The van der Waals surface area contributed by atoms with Crippen LogP contribution in [0.3, 0.4) is 0 Å². The van der Waals surface area contributed by atoms with E-state index in [0.29, 0.717) is 5.57 Å². The lowest BCUT2D eigenvalue weighted by Gasteiger charge is -2.32. The Kier molecular flexibility index (Phi) is 23.7. The topological polar surface area (TPSA) is 26.3 Å². The Hall–Kier alpha value is -0.573. The first-order chi connectivity index (χ1) is 16.5. The van der Waals surface area contributed by atoms with Gasteiger partial charge in [-0.1, -0.05) is 162 Å². The van der Waals surface area contributed by atoms with Crippen LogP contribution in [-0.4, -0.2) is 14.3 Å². The Bertz CT molecular complexity index is 429. The van der Waals surface area contributed by atoms with E-state index in [1.54, 1.807) is 0 Å². The molecule has 0 radical (unpaired) electrons. The smallest absolute Gasteiger partial charge is 0.319 e. The van der Waals surface area contributed by atoms with E-state index >= 15 is 0 Å². The van der Waals surface area contributed by atoms with E-state index in [-0.39, 0.29) is 5.97 Å². The minimum absolute atomic E-state index is 0.111. The van der Waals surface area contributed by atoms with E-state index in [9.17, 15) is 4.79 Å². The standard InChI is InChI=1S/C31H62O2Si/c1-6-9-12-15-18-21-24-27-34(33-31(32)30(4)5,28-25-22-19-16-13-10-7-2)29-26-23-20-17-14-11-8-3/h4,6-29H2,1-3,5H3. The molecule has 0 aromatic carbocycles. The van der Waals surface area contributed by atoms with Crippen molar-refractivity contribution < 1.29 is 9.22 Å². The molecule has 0 fully saturated rings. The van der Waals surface area contributed by atoms with Crippen LogP contribution in [0.5, 0.6) is 0 Å². The van der Waals surface area contributed by atoms with Crippen LogP contribution in [0.4, 0.5) is 0 Å². The Morgan fingerprint density at radius 1 is 0.529 bits per heavy atom. The molecule has 0 rings (SSSR count). The molecule has 2 nitrogen and oxygen atoms in total. The monoisotopic (exact) mass is 494 g/mol. The molecule has 0 N–H and O–H groups in total. The second-order valence-corrected chi connectivity index (χ2v) is 15.0. The number of unbranched alkanes of at least 4 members (excludes halogenated alkanes) is 18. The van der Waals surface area contributed by atoms with Gasteiger partial charge in [0.1, 0.15) is 0 Å². The van der Waals surface area contributed by atoms with E-state index < -0.39 is 8.32 Å².